The summed E-state index contributed by atoms with van der Waals surface area (Å²) in [4.78, 5) is 13.3. The summed E-state index contributed by atoms with van der Waals surface area (Å²) >= 11 is 1.60. The summed E-state index contributed by atoms with van der Waals surface area (Å²) in [5.41, 5.74) is 1.57. The first kappa shape index (κ1) is 20.8. The van der Waals surface area contributed by atoms with E-state index >= 15 is 0 Å². The number of ether oxygens (including phenoxy) is 2. The predicted molar refractivity (Wildman–Crippen MR) is 112 cm³/mol. The molecule has 0 radical (unpaired) electrons. The first-order chi connectivity index (χ1) is 12.8. The normalized spacial score (nSPS) is 11.0. The molecule has 0 aliphatic carbocycles. The Bertz CT molecular complexity index is 800. The molecule has 6 heteroatoms. The van der Waals surface area contributed by atoms with Crippen molar-refractivity contribution >= 4 is 29.6 Å². The molecule has 0 saturated heterocycles. The molecule has 2 aromatic carbocycles. The minimum atomic E-state index is -0.231. The molecular formula is C21H26N2O3S. The van der Waals surface area contributed by atoms with Crippen LogP contribution in [0.1, 0.15) is 26.3 Å². The maximum atomic E-state index is 12.2. The van der Waals surface area contributed by atoms with Gasteiger partial charge in [0.25, 0.3) is 5.91 Å². The summed E-state index contributed by atoms with van der Waals surface area (Å²) in [5.74, 6) is 1.78. The Labute approximate surface area is 165 Å². The Morgan fingerprint density at radius 3 is 2.67 bits per heavy atom. The molecule has 0 bridgehead atoms. The predicted octanol–water partition coefficient (Wildman–Crippen LogP) is 4.75. The quantitative estimate of drug-likeness (QED) is 0.507. The molecule has 0 aliphatic heterocycles. The van der Waals surface area contributed by atoms with Crippen LogP contribution in [0.15, 0.2) is 47.4 Å². The minimum absolute atomic E-state index is 0.0761. The standard InChI is InChI=1S/C21H26N2O3S/c1-21(2,3)18-13-17(27-11-10-22)8-9-19(18)26-14-20(24)23-15-6-5-7-16(12-15)25-4/h5-10,12-13,22H,11,14H2,1-4H3,(H,23,24). The van der Waals surface area contributed by atoms with Crippen LogP contribution in [0.4, 0.5) is 5.69 Å². The number of hydrogen-bond donors (Lipinski definition) is 2. The van der Waals surface area contributed by atoms with Crippen LogP contribution in [0.2, 0.25) is 0 Å². The fraction of sp³-hybridized carbons (Fsp3) is 0.333. The Balaban J connectivity index is 2.07. The number of methoxy groups -OCH3 is 1. The fourth-order valence-electron chi connectivity index (χ4n) is 2.49. The van der Waals surface area contributed by atoms with Crippen molar-refractivity contribution in [3.05, 3.63) is 48.0 Å². The zero-order chi connectivity index (χ0) is 19.9. The van der Waals surface area contributed by atoms with Gasteiger partial charge in [-0.05, 0) is 35.7 Å². The molecule has 2 N–H and O–H groups in total. The number of benzene rings is 2. The van der Waals surface area contributed by atoms with Gasteiger partial charge >= 0.3 is 0 Å². The lowest BCUT2D eigenvalue weighted by Gasteiger charge is -2.23. The summed E-state index contributed by atoms with van der Waals surface area (Å²) in [6.07, 6.45) is 1.38. The van der Waals surface area contributed by atoms with Crippen LogP contribution >= 0.6 is 11.8 Å². The molecule has 144 valence electrons. The van der Waals surface area contributed by atoms with Gasteiger partial charge in [-0.1, -0.05) is 26.8 Å². The Morgan fingerprint density at radius 1 is 1.22 bits per heavy atom. The zero-order valence-electron chi connectivity index (χ0n) is 16.2. The smallest absolute Gasteiger partial charge is 0.262 e. The maximum absolute atomic E-state index is 12.2. The number of carbonyl (C=O) groups excluding carboxylic acids is 1. The number of rotatable bonds is 8. The van der Waals surface area contributed by atoms with Crippen molar-refractivity contribution in [3.8, 4) is 11.5 Å². The van der Waals surface area contributed by atoms with E-state index in [2.05, 4.69) is 32.2 Å². The van der Waals surface area contributed by atoms with Crippen LogP contribution < -0.4 is 14.8 Å². The van der Waals surface area contributed by atoms with Gasteiger partial charge in [-0.3, -0.25) is 4.79 Å². The second kappa shape index (κ2) is 9.46. The van der Waals surface area contributed by atoms with Crippen molar-refractivity contribution < 1.29 is 14.3 Å². The molecule has 0 atom stereocenters. The van der Waals surface area contributed by atoms with Crippen LogP contribution in [0.5, 0.6) is 11.5 Å². The Morgan fingerprint density at radius 2 is 2.00 bits per heavy atom. The summed E-state index contributed by atoms with van der Waals surface area (Å²) in [7, 11) is 1.59. The molecule has 0 saturated carbocycles. The lowest BCUT2D eigenvalue weighted by atomic mass is 9.86. The van der Waals surface area contributed by atoms with Crippen molar-refractivity contribution in [1.29, 1.82) is 5.41 Å². The largest absolute Gasteiger partial charge is 0.497 e. The second-order valence-corrected chi connectivity index (χ2v) is 8.09. The summed E-state index contributed by atoms with van der Waals surface area (Å²) in [5, 5.41) is 9.99. The molecule has 0 aromatic heterocycles. The van der Waals surface area contributed by atoms with Crippen LogP contribution in [-0.4, -0.2) is 31.6 Å². The molecule has 0 spiro atoms. The molecule has 0 fully saturated rings. The van der Waals surface area contributed by atoms with Crippen LogP contribution in [0, 0.1) is 5.41 Å². The number of hydrogen-bond acceptors (Lipinski definition) is 5. The van der Waals surface area contributed by atoms with E-state index in [0.717, 1.165) is 10.5 Å². The zero-order valence-corrected chi connectivity index (χ0v) is 17.0. The fourth-order valence-corrected chi connectivity index (χ4v) is 3.13. The Hall–Kier alpha value is -2.47. The van der Waals surface area contributed by atoms with E-state index in [1.54, 1.807) is 31.0 Å². The molecule has 2 aromatic rings. The van der Waals surface area contributed by atoms with E-state index in [-0.39, 0.29) is 17.9 Å². The van der Waals surface area contributed by atoms with Crippen LogP contribution in [-0.2, 0) is 10.2 Å². The highest BCUT2D eigenvalue weighted by Gasteiger charge is 2.20. The molecule has 0 heterocycles. The lowest BCUT2D eigenvalue weighted by Crippen LogP contribution is -2.22. The molecule has 2 rings (SSSR count). The second-order valence-electron chi connectivity index (χ2n) is 6.99. The van der Waals surface area contributed by atoms with Crippen molar-refractivity contribution in [2.75, 3.05) is 24.8 Å². The van der Waals surface area contributed by atoms with Gasteiger partial charge in [-0.2, -0.15) is 0 Å². The molecule has 0 aliphatic rings. The van der Waals surface area contributed by atoms with Gasteiger partial charge in [-0.25, -0.2) is 0 Å². The lowest BCUT2D eigenvalue weighted by molar-refractivity contribution is -0.118. The summed E-state index contributed by atoms with van der Waals surface area (Å²) in [6.45, 7) is 6.25. The van der Waals surface area contributed by atoms with Crippen molar-refractivity contribution in [2.24, 2.45) is 0 Å². The van der Waals surface area contributed by atoms with E-state index in [0.29, 0.717) is 22.9 Å². The topological polar surface area (TPSA) is 71.4 Å². The Kier molecular flexibility index (Phi) is 7.30. The third-order valence-corrected chi connectivity index (χ3v) is 4.73. The van der Waals surface area contributed by atoms with E-state index in [4.69, 9.17) is 14.9 Å². The van der Waals surface area contributed by atoms with E-state index in [1.165, 1.54) is 6.21 Å². The SMILES string of the molecule is COc1cccc(NC(=O)COc2ccc(SCC=N)cc2C(C)(C)C)c1. The van der Waals surface area contributed by atoms with Gasteiger partial charge in [0.15, 0.2) is 6.61 Å². The average Bonchev–Trinajstić information content (AvgIpc) is 2.64. The first-order valence-electron chi connectivity index (χ1n) is 8.66. The van der Waals surface area contributed by atoms with Crippen molar-refractivity contribution in [1.82, 2.24) is 0 Å². The minimum Gasteiger partial charge on any atom is -0.497 e. The highest BCUT2D eigenvalue weighted by molar-refractivity contribution is 7.99. The summed E-state index contributed by atoms with van der Waals surface area (Å²) < 4.78 is 11.0. The number of thioether (sulfide) groups is 1. The van der Waals surface area contributed by atoms with Crippen molar-refractivity contribution in [2.45, 2.75) is 31.1 Å². The first-order valence-corrected chi connectivity index (χ1v) is 9.65. The molecule has 1 amide bonds. The third-order valence-electron chi connectivity index (χ3n) is 3.80. The highest BCUT2D eigenvalue weighted by Crippen LogP contribution is 2.34. The van der Waals surface area contributed by atoms with Gasteiger partial charge in [0, 0.05) is 34.2 Å². The number of amides is 1. The number of carbonyl (C=O) groups is 1. The average molecular weight is 387 g/mol. The van der Waals surface area contributed by atoms with Gasteiger partial charge in [0.05, 0.1) is 7.11 Å². The molecule has 0 unspecified atom stereocenters. The highest BCUT2D eigenvalue weighted by atomic mass is 32.2. The van der Waals surface area contributed by atoms with E-state index in [9.17, 15) is 4.79 Å². The molecule has 27 heavy (non-hydrogen) atoms. The van der Waals surface area contributed by atoms with E-state index in [1.807, 2.05) is 24.3 Å². The van der Waals surface area contributed by atoms with Crippen molar-refractivity contribution in [3.63, 3.8) is 0 Å². The van der Waals surface area contributed by atoms with E-state index < -0.39 is 0 Å². The van der Waals surface area contributed by atoms with Gasteiger partial charge in [0.2, 0.25) is 0 Å². The van der Waals surface area contributed by atoms with Gasteiger partial charge in [-0.15, -0.1) is 11.8 Å². The van der Waals surface area contributed by atoms with Crippen LogP contribution in [0.25, 0.3) is 0 Å². The van der Waals surface area contributed by atoms with Gasteiger partial charge < -0.3 is 20.2 Å². The van der Waals surface area contributed by atoms with Gasteiger partial charge in [0.1, 0.15) is 11.5 Å². The monoisotopic (exact) mass is 386 g/mol. The molecular weight excluding hydrogens is 360 g/mol. The van der Waals surface area contributed by atoms with Crippen LogP contribution in [0.3, 0.4) is 0 Å². The number of nitrogens with one attached hydrogen (secondary N) is 2. The maximum Gasteiger partial charge on any atom is 0.262 e. The third kappa shape index (κ3) is 6.32. The summed E-state index contributed by atoms with van der Waals surface area (Å²) in [6, 6.07) is 13.1. The number of anilines is 1. The molecule has 5 nitrogen and oxygen atoms in total.